The Balaban J connectivity index is 1.64. The number of thiophene rings is 1. The zero-order valence-corrected chi connectivity index (χ0v) is 18.2. The molecule has 0 atom stereocenters. The van der Waals surface area contributed by atoms with Crippen LogP contribution in [0.5, 0.6) is 0 Å². The van der Waals surface area contributed by atoms with E-state index in [4.69, 9.17) is 11.6 Å². The third-order valence-corrected chi connectivity index (χ3v) is 6.39. The summed E-state index contributed by atoms with van der Waals surface area (Å²) in [7, 11) is 0. The fourth-order valence-electron chi connectivity index (χ4n) is 3.65. The van der Waals surface area contributed by atoms with Gasteiger partial charge in [-0.1, -0.05) is 66.2 Å². The first-order valence-electron chi connectivity index (χ1n) is 9.91. The topological polar surface area (TPSA) is 25.2 Å². The molecule has 3 nitrogen and oxygen atoms in total. The van der Waals surface area contributed by atoms with Crippen molar-refractivity contribution in [1.82, 2.24) is 9.47 Å². The van der Waals surface area contributed by atoms with E-state index < -0.39 is 0 Å². The normalized spacial score (nSPS) is 11.0. The van der Waals surface area contributed by atoms with Crippen LogP contribution in [0.15, 0.2) is 84.8 Å². The van der Waals surface area contributed by atoms with Crippen molar-refractivity contribution in [2.75, 3.05) is 6.54 Å². The molecule has 152 valence electrons. The summed E-state index contributed by atoms with van der Waals surface area (Å²) in [6, 6.07) is 22.1. The molecule has 2 aromatic heterocycles. The van der Waals surface area contributed by atoms with Crippen LogP contribution in [-0.4, -0.2) is 21.9 Å². The summed E-state index contributed by atoms with van der Waals surface area (Å²) in [6.07, 6.45) is 2.63. The number of nitrogens with zero attached hydrogens (tertiary/aromatic N) is 2. The number of carbonyl (C=O) groups is 1. The average Bonchev–Trinajstić information content (AvgIpc) is 3.35. The van der Waals surface area contributed by atoms with Gasteiger partial charge >= 0.3 is 0 Å². The third-order valence-electron chi connectivity index (χ3n) is 5.16. The van der Waals surface area contributed by atoms with E-state index in [0.717, 1.165) is 28.7 Å². The van der Waals surface area contributed by atoms with Crippen molar-refractivity contribution in [2.24, 2.45) is 0 Å². The molecule has 5 heteroatoms. The van der Waals surface area contributed by atoms with E-state index in [1.165, 1.54) is 5.56 Å². The van der Waals surface area contributed by atoms with Gasteiger partial charge < -0.3 is 9.47 Å². The maximum atomic E-state index is 13.6. The fraction of sp³-hybridized carbons (Fsp3) is 0.160. The van der Waals surface area contributed by atoms with Crippen molar-refractivity contribution in [1.29, 1.82) is 0 Å². The maximum absolute atomic E-state index is 13.6. The minimum atomic E-state index is -0.00807. The lowest BCUT2D eigenvalue weighted by atomic mass is 10.1. The molecule has 2 aromatic carbocycles. The van der Waals surface area contributed by atoms with Crippen molar-refractivity contribution in [3.63, 3.8) is 0 Å². The predicted octanol–water partition coefficient (Wildman–Crippen LogP) is 6.43. The molecule has 0 N–H and O–H groups in total. The minimum absolute atomic E-state index is 0.00807. The zero-order valence-electron chi connectivity index (χ0n) is 16.6. The number of hydrogen-bond donors (Lipinski definition) is 0. The average molecular weight is 435 g/mol. The van der Waals surface area contributed by atoms with E-state index >= 15 is 0 Å². The molecule has 2 heterocycles. The number of benzene rings is 2. The first kappa shape index (κ1) is 20.5. The molecule has 0 spiro atoms. The van der Waals surface area contributed by atoms with Crippen molar-refractivity contribution >= 4 is 39.1 Å². The number of fused-ring (bicyclic) bond motifs is 1. The molecule has 0 radical (unpaired) electrons. The van der Waals surface area contributed by atoms with Gasteiger partial charge in [-0.3, -0.25) is 4.79 Å². The molecule has 0 fully saturated rings. The summed E-state index contributed by atoms with van der Waals surface area (Å²) in [5.41, 5.74) is 4.00. The minimum Gasteiger partial charge on any atom is -0.335 e. The molecule has 4 rings (SSSR count). The van der Waals surface area contributed by atoms with Crippen molar-refractivity contribution in [3.05, 3.63) is 107 Å². The number of carbonyl (C=O) groups excluding carboxylic acids is 1. The van der Waals surface area contributed by atoms with Crippen LogP contribution < -0.4 is 0 Å². The number of hydrogen-bond acceptors (Lipinski definition) is 2. The van der Waals surface area contributed by atoms with Gasteiger partial charge in [0.1, 0.15) is 5.69 Å². The van der Waals surface area contributed by atoms with Gasteiger partial charge in [-0.15, -0.1) is 17.9 Å². The van der Waals surface area contributed by atoms with Crippen LogP contribution in [0.3, 0.4) is 0 Å². The highest BCUT2D eigenvalue weighted by molar-refractivity contribution is 7.17. The maximum Gasteiger partial charge on any atom is 0.271 e. The van der Waals surface area contributed by atoms with Crippen molar-refractivity contribution < 1.29 is 4.79 Å². The standard InChI is InChI=1S/C25H23ClN2OS/c1-2-14-27(18-20-10-6-7-11-21(20)26)25(29)23-17-24-22(13-16-30-24)28(23)15-12-19-8-4-3-5-9-19/h2-11,13,16-17H,1,12,14-15,18H2. The molecule has 0 saturated heterocycles. The molecule has 30 heavy (non-hydrogen) atoms. The van der Waals surface area contributed by atoms with Gasteiger partial charge in [-0.2, -0.15) is 0 Å². The van der Waals surface area contributed by atoms with Crippen LogP contribution in [0.4, 0.5) is 0 Å². The Morgan fingerprint density at radius 1 is 1.10 bits per heavy atom. The van der Waals surface area contributed by atoms with Crippen molar-refractivity contribution in [3.8, 4) is 0 Å². The van der Waals surface area contributed by atoms with E-state index in [9.17, 15) is 4.79 Å². The van der Waals surface area contributed by atoms with Gasteiger partial charge in [-0.05, 0) is 41.1 Å². The smallest absolute Gasteiger partial charge is 0.271 e. The summed E-state index contributed by atoms with van der Waals surface area (Å²) in [4.78, 5) is 15.4. The first-order valence-corrected chi connectivity index (χ1v) is 11.2. The Kier molecular flexibility index (Phi) is 6.36. The molecule has 1 amide bonds. The largest absolute Gasteiger partial charge is 0.335 e. The Morgan fingerprint density at radius 3 is 2.63 bits per heavy atom. The summed E-state index contributed by atoms with van der Waals surface area (Å²) in [5, 5.41) is 2.74. The van der Waals surface area contributed by atoms with Crippen LogP contribution in [0.2, 0.25) is 5.02 Å². The summed E-state index contributed by atoms with van der Waals surface area (Å²) in [6.45, 7) is 5.50. The second-order valence-corrected chi connectivity index (χ2v) is 8.51. The fourth-order valence-corrected chi connectivity index (χ4v) is 4.67. The first-order chi connectivity index (χ1) is 14.7. The zero-order chi connectivity index (χ0) is 20.9. The van der Waals surface area contributed by atoms with Crippen LogP contribution >= 0.6 is 22.9 Å². The predicted molar refractivity (Wildman–Crippen MR) is 126 cm³/mol. The van der Waals surface area contributed by atoms with Crippen LogP contribution in [0.1, 0.15) is 21.6 Å². The molecule has 0 saturated carbocycles. The SMILES string of the molecule is C=CCN(Cc1ccccc1Cl)C(=O)c1cc2sccc2n1CCc1ccccc1. The monoisotopic (exact) mass is 434 g/mol. The summed E-state index contributed by atoms with van der Waals surface area (Å²) in [5.74, 6) is -0.00807. The molecule has 0 aliphatic heterocycles. The number of rotatable bonds is 8. The molecule has 4 aromatic rings. The van der Waals surface area contributed by atoms with Crippen LogP contribution in [0, 0.1) is 0 Å². The van der Waals surface area contributed by atoms with Gasteiger partial charge in [-0.25, -0.2) is 0 Å². The second kappa shape index (κ2) is 9.33. The van der Waals surface area contributed by atoms with Crippen LogP contribution in [0.25, 0.3) is 10.2 Å². The van der Waals surface area contributed by atoms with E-state index in [1.807, 2.05) is 48.5 Å². The van der Waals surface area contributed by atoms with Crippen LogP contribution in [-0.2, 0) is 19.5 Å². The highest BCUT2D eigenvalue weighted by atomic mass is 35.5. The van der Waals surface area contributed by atoms with E-state index in [-0.39, 0.29) is 5.91 Å². The second-order valence-electron chi connectivity index (χ2n) is 7.15. The van der Waals surface area contributed by atoms with Gasteiger partial charge in [0.15, 0.2) is 0 Å². The lowest BCUT2D eigenvalue weighted by Gasteiger charge is -2.23. The Bertz CT molecular complexity index is 1160. The third kappa shape index (κ3) is 4.35. The lowest BCUT2D eigenvalue weighted by molar-refractivity contribution is 0.0752. The summed E-state index contributed by atoms with van der Waals surface area (Å²) >= 11 is 8.01. The highest BCUT2D eigenvalue weighted by Gasteiger charge is 2.22. The molecule has 0 aliphatic rings. The Morgan fingerprint density at radius 2 is 1.87 bits per heavy atom. The molecule has 0 bridgehead atoms. The van der Waals surface area contributed by atoms with Gasteiger partial charge in [0.25, 0.3) is 5.91 Å². The molecule has 0 unspecified atom stereocenters. The molecular weight excluding hydrogens is 412 g/mol. The van der Waals surface area contributed by atoms with Gasteiger partial charge in [0, 0.05) is 24.7 Å². The highest BCUT2D eigenvalue weighted by Crippen LogP contribution is 2.27. The van der Waals surface area contributed by atoms with Crippen molar-refractivity contribution in [2.45, 2.75) is 19.5 Å². The molecule has 0 aliphatic carbocycles. The number of amides is 1. The Hall–Kier alpha value is -2.82. The quantitative estimate of drug-likeness (QED) is 0.293. The van der Waals surface area contributed by atoms with Gasteiger partial charge in [0.05, 0.1) is 10.2 Å². The number of aromatic nitrogens is 1. The van der Waals surface area contributed by atoms with E-state index in [1.54, 1.807) is 22.3 Å². The van der Waals surface area contributed by atoms with E-state index in [0.29, 0.717) is 23.8 Å². The molecular formula is C25H23ClN2OS. The van der Waals surface area contributed by atoms with E-state index in [2.05, 4.69) is 34.7 Å². The number of aryl methyl sites for hydroxylation is 2. The Labute approximate surface area is 185 Å². The summed E-state index contributed by atoms with van der Waals surface area (Å²) < 4.78 is 3.27. The van der Waals surface area contributed by atoms with Gasteiger partial charge in [0.2, 0.25) is 0 Å². The lowest BCUT2D eigenvalue weighted by Crippen LogP contribution is -2.32. The number of halogens is 1.